The second kappa shape index (κ2) is 10.1. The predicted molar refractivity (Wildman–Crippen MR) is 114 cm³/mol. The summed E-state index contributed by atoms with van der Waals surface area (Å²) in [7, 11) is 0. The van der Waals surface area contributed by atoms with Crippen LogP contribution in [0.5, 0.6) is 11.5 Å². The lowest BCUT2D eigenvalue weighted by molar-refractivity contribution is -0.152. The number of carbonyl (C=O) groups excluding carboxylic acids is 1. The van der Waals surface area contributed by atoms with Crippen molar-refractivity contribution < 1.29 is 37.3 Å². The number of carbonyl (C=O) groups is 2. The number of ketones is 1. The number of rotatable bonds is 10. The third kappa shape index (κ3) is 7.28. The Labute approximate surface area is 185 Å². The summed E-state index contributed by atoms with van der Waals surface area (Å²) in [6.07, 6.45) is -4.59. The lowest BCUT2D eigenvalue weighted by Crippen LogP contribution is -2.38. The number of benzene rings is 2. The molecule has 2 aromatic rings. The summed E-state index contributed by atoms with van der Waals surface area (Å²) in [5, 5.41) is 9.27. The average molecular weight is 452 g/mol. The normalized spacial score (nSPS) is 11.8. The van der Waals surface area contributed by atoms with Gasteiger partial charge in [0.05, 0.1) is 13.0 Å². The van der Waals surface area contributed by atoms with Crippen LogP contribution < -0.4 is 9.47 Å². The van der Waals surface area contributed by atoms with Gasteiger partial charge in [0.1, 0.15) is 11.5 Å². The number of Topliss-reactive ketones (excluding diaryl/α,β-unsaturated/α-hetero) is 1. The van der Waals surface area contributed by atoms with Gasteiger partial charge in [0.2, 0.25) is 0 Å². The van der Waals surface area contributed by atoms with Crippen LogP contribution in [0, 0.1) is 13.8 Å². The minimum absolute atomic E-state index is 0.102. The van der Waals surface area contributed by atoms with E-state index < -0.39 is 30.8 Å². The van der Waals surface area contributed by atoms with Gasteiger partial charge in [-0.1, -0.05) is 12.1 Å². The van der Waals surface area contributed by atoms with Crippen molar-refractivity contribution in [1.82, 2.24) is 0 Å². The van der Waals surface area contributed by atoms with E-state index >= 15 is 0 Å². The number of aryl methyl sites for hydroxylation is 3. The highest BCUT2D eigenvalue weighted by molar-refractivity contribution is 5.96. The summed E-state index contributed by atoms with van der Waals surface area (Å²) in [5.41, 5.74) is 1.56. The van der Waals surface area contributed by atoms with Crippen molar-refractivity contribution in [3.8, 4) is 11.5 Å². The van der Waals surface area contributed by atoms with E-state index in [9.17, 15) is 27.9 Å². The standard InChI is InChI=1S/C24H27F3O5/c1-15-13-17(14-16(2)21(15)32-23(3,4)22(29)30)5-10-20(28)18-6-8-19(9-7-18)31-12-11-24(25,26)27/h6-9,13-14H,5,10-12H2,1-4H3,(H,29,30). The maximum absolute atomic E-state index is 12.5. The van der Waals surface area contributed by atoms with Gasteiger partial charge in [0.25, 0.3) is 0 Å². The van der Waals surface area contributed by atoms with Gasteiger partial charge in [-0.15, -0.1) is 0 Å². The van der Waals surface area contributed by atoms with Crippen molar-refractivity contribution in [2.24, 2.45) is 0 Å². The quantitative estimate of drug-likeness (QED) is 0.469. The molecular formula is C24H27F3O5. The van der Waals surface area contributed by atoms with Crippen LogP contribution in [0.15, 0.2) is 36.4 Å². The topological polar surface area (TPSA) is 72.8 Å². The lowest BCUT2D eigenvalue weighted by Gasteiger charge is -2.24. The van der Waals surface area contributed by atoms with Crippen LogP contribution in [-0.4, -0.2) is 35.2 Å². The minimum atomic E-state index is -4.27. The fourth-order valence-corrected chi connectivity index (χ4v) is 3.07. The van der Waals surface area contributed by atoms with Crippen molar-refractivity contribution in [1.29, 1.82) is 0 Å². The maximum Gasteiger partial charge on any atom is 0.392 e. The molecule has 0 heterocycles. The monoisotopic (exact) mass is 452 g/mol. The molecule has 5 nitrogen and oxygen atoms in total. The van der Waals surface area contributed by atoms with Crippen LogP contribution in [0.3, 0.4) is 0 Å². The summed E-state index contributed by atoms with van der Waals surface area (Å²) in [5.74, 6) is -0.386. The van der Waals surface area contributed by atoms with Crippen LogP contribution in [0.25, 0.3) is 0 Å². The fourth-order valence-electron chi connectivity index (χ4n) is 3.07. The van der Waals surface area contributed by atoms with E-state index in [4.69, 9.17) is 9.47 Å². The molecular weight excluding hydrogens is 425 g/mol. The van der Waals surface area contributed by atoms with Gasteiger partial charge in [-0.3, -0.25) is 4.79 Å². The number of ether oxygens (including phenoxy) is 2. The smallest absolute Gasteiger partial charge is 0.392 e. The van der Waals surface area contributed by atoms with Gasteiger partial charge in [-0.2, -0.15) is 13.2 Å². The van der Waals surface area contributed by atoms with Crippen molar-refractivity contribution >= 4 is 11.8 Å². The van der Waals surface area contributed by atoms with Crippen molar-refractivity contribution in [2.45, 2.75) is 58.7 Å². The van der Waals surface area contributed by atoms with Gasteiger partial charge >= 0.3 is 12.1 Å². The van der Waals surface area contributed by atoms with Crippen molar-refractivity contribution in [3.05, 3.63) is 58.7 Å². The number of carboxylic acids is 1. The molecule has 174 valence electrons. The Morgan fingerprint density at radius 2 is 1.56 bits per heavy atom. The summed E-state index contributed by atoms with van der Waals surface area (Å²) in [6, 6.07) is 9.76. The maximum atomic E-state index is 12.5. The van der Waals surface area contributed by atoms with Gasteiger partial charge in [-0.25, -0.2) is 4.79 Å². The Balaban J connectivity index is 1.97. The first-order valence-corrected chi connectivity index (χ1v) is 10.1. The molecule has 0 spiro atoms. The Kier molecular flexibility index (Phi) is 7.93. The van der Waals surface area contributed by atoms with Crippen LogP contribution in [-0.2, 0) is 11.2 Å². The van der Waals surface area contributed by atoms with Crippen LogP contribution in [0.2, 0.25) is 0 Å². The molecule has 8 heteroatoms. The summed E-state index contributed by atoms with van der Waals surface area (Å²) in [6.45, 7) is 6.13. The Morgan fingerprint density at radius 1 is 1.00 bits per heavy atom. The van der Waals surface area contributed by atoms with Crippen molar-refractivity contribution in [3.63, 3.8) is 0 Å². The third-order valence-electron chi connectivity index (χ3n) is 4.86. The average Bonchev–Trinajstić information content (AvgIpc) is 2.68. The van der Waals surface area contributed by atoms with Gasteiger partial charge in [0.15, 0.2) is 11.4 Å². The highest BCUT2D eigenvalue weighted by atomic mass is 19.4. The number of hydrogen-bond acceptors (Lipinski definition) is 4. The molecule has 0 saturated heterocycles. The van der Waals surface area contributed by atoms with E-state index in [2.05, 4.69) is 0 Å². The number of carboxylic acid groups (broad SMARTS) is 1. The Morgan fingerprint density at radius 3 is 2.06 bits per heavy atom. The van der Waals surface area contributed by atoms with Crippen LogP contribution >= 0.6 is 0 Å². The van der Waals surface area contributed by atoms with Crippen LogP contribution in [0.1, 0.15) is 53.7 Å². The van der Waals surface area contributed by atoms with Gasteiger partial charge in [0, 0.05) is 12.0 Å². The van der Waals surface area contributed by atoms with E-state index in [1.807, 2.05) is 26.0 Å². The molecule has 0 bridgehead atoms. The zero-order chi connectivity index (χ0) is 24.1. The molecule has 0 aliphatic rings. The number of alkyl halides is 3. The van der Waals surface area contributed by atoms with Crippen LogP contribution in [0.4, 0.5) is 13.2 Å². The molecule has 0 unspecified atom stereocenters. The summed E-state index contributed by atoms with van der Waals surface area (Å²) < 4.78 is 47.3. The highest BCUT2D eigenvalue weighted by Gasteiger charge is 2.30. The number of aliphatic carboxylic acids is 1. The SMILES string of the molecule is Cc1cc(CCC(=O)c2ccc(OCCC(F)(F)F)cc2)cc(C)c1OC(C)(C)C(=O)O. The first-order valence-electron chi connectivity index (χ1n) is 10.1. The second-order valence-corrected chi connectivity index (χ2v) is 8.14. The van der Waals surface area contributed by atoms with E-state index in [0.29, 0.717) is 17.7 Å². The molecule has 32 heavy (non-hydrogen) atoms. The summed E-state index contributed by atoms with van der Waals surface area (Å²) >= 11 is 0. The molecule has 2 aromatic carbocycles. The number of halogens is 3. The first-order chi connectivity index (χ1) is 14.8. The number of hydrogen-bond donors (Lipinski definition) is 1. The van der Waals surface area contributed by atoms with Gasteiger partial charge < -0.3 is 14.6 Å². The molecule has 0 atom stereocenters. The molecule has 0 aliphatic heterocycles. The molecule has 0 radical (unpaired) electrons. The third-order valence-corrected chi connectivity index (χ3v) is 4.86. The van der Waals surface area contributed by atoms with E-state index in [-0.39, 0.29) is 18.0 Å². The largest absolute Gasteiger partial charge is 0.493 e. The molecule has 0 amide bonds. The van der Waals surface area contributed by atoms with E-state index in [1.165, 1.54) is 38.1 Å². The molecule has 0 aliphatic carbocycles. The Hall–Kier alpha value is -3.03. The minimum Gasteiger partial charge on any atom is -0.493 e. The summed E-state index contributed by atoms with van der Waals surface area (Å²) in [4.78, 5) is 23.8. The fraction of sp³-hybridized carbons (Fsp3) is 0.417. The molecule has 1 N–H and O–H groups in total. The lowest BCUT2D eigenvalue weighted by atomic mass is 9.98. The Bertz CT molecular complexity index is 940. The predicted octanol–water partition coefficient (Wildman–Crippen LogP) is 5.69. The second-order valence-electron chi connectivity index (χ2n) is 8.14. The molecule has 0 fully saturated rings. The van der Waals surface area contributed by atoms with Gasteiger partial charge in [-0.05, 0) is 75.1 Å². The van der Waals surface area contributed by atoms with E-state index in [0.717, 1.165) is 16.7 Å². The zero-order valence-corrected chi connectivity index (χ0v) is 18.5. The first kappa shape index (κ1) is 25.2. The molecule has 0 saturated carbocycles. The van der Waals surface area contributed by atoms with Crippen molar-refractivity contribution in [2.75, 3.05) is 6.61 Å². The molecule has 2 rings (SSSR count). The molecule has 0 aromatic heterocycles. The highest BCUT2D eigenvalue weighted by Crippen LogP contribution is 2.29. The van der Waals surface area contributed by atoms with E-state index in [1.54, 1.807) is 0 Å². The zero-order valence-electron chi connectivity index (χ0n) is 18.5.